The molecular formula is C12H17N3O3. The number of carbonyl (C=O) groups excluding carboxylic acids is 1. The van der Waals surface area contributed by atoms with Gasteiger partial charge in [0, 0.05) is 6.07 Å². The Kier molecular flexibility index (Phi) is 4.38. The lowest BCUT2D eigenvalue weighted by atomic mass is 10.1. The number of benzene rings is 1. The van der Waals surface area contributed by atoms with E-state index in [1.165, 1.54) is 6.07 Å². The van der Waals surface area contributed by atoms with Gasteiger partial charge < -0.3 is 11.1 Å². The Morgan fingerprint density at radius 1 is 1.44 bits per heavy atom. The fourth-order valence-electron chi connectivity index (χ4n) is 1.46. The molecule has 0 aliphatic heterocycles. The zero-order valence-electron chi connectivity index (χ0n) is 10.7. The number of rotatable bonds is 4. The minimum absolute atomic E-state index is 0.116. The van der Waals surface area contributed by atoms with Crippen LogP contribution in [0.2, 0.25) is 0 Å². The van der Waals surface area contributed by atoms with E-state index in [1.54, 1.807) is 19.9 Å². The van der Waals surface area contributed by atoms with Crippen LogP contribution in [-0.4, -0.2) is 16.9 Å². The summed E-state index contributed by atoms with van der Waals surface area (Å²) in [6.45, 7) is 5.39. The standard InChI is InChI=1S/C12H17N3O3/c1-4-9(13)12(16)14-10-5-7(2)8(3)6-11(10)15(17)18/h5-6,9H,4,13H2,1-3H3,(H,14,16)/t9-/m0/s1. The molecule has 0 saturated heterocycles. The number of nitro benzene ring substituents is 1. The highest BCUT2D eigenvalue weighted by Crippen LogP contribution is 2.27. The Morgan fingerprint density at radius 2 is 2.00 bits per heavy atom. The van der Waals surface area contributed by atoms with Gasteiger partial charge in [0.2, 0.25) is 5.91 Å². The van der Waals surface area contributed by atoms with E-state index in [4.69, 9.17) is 5.73 Å². The van der Waals surface area contributed by atoms with Crippen molar-refractivity contribution in [3.05, 3.63) is 33.4 Å². The largest absolute Gasteiger partial charge is 0.320 e. The zero-order valence-corrected chi connectivity index (χ0v) is 10.7. The maximum atomic E-state index is 11.7. The van der Waals surface area contributed by atoms with Crippen molar-refractivity contribution in [2.75, 3.05) is 5.32 Å². The fraction of sp³-hybridized carbons (Fsp3) is 0.417. The number of nitrogens with one attached hydrogen (secondary N) is 1. The Bertz CT molecular complexity index is 486. The molecule has 1 amide bonds. The van der Waals surface area contributed by atoms with E-state index in [1.807, 2.05) is 6.92 Å². The Balaban J connectivity index is 3.11. The molecule has 18 heavy (non-hydrogen) atoms. The van der Waals surface area contributed by atoms with Crippen molar-refractivity contribution >= 4 is 17.3 Å². The third-order valence-electron chi connectivity index (χ3n) is 2.84. The number of nitrogens with zero attached hydrogens (tertiary/aromatic N) is 1. The van der Waals surface area contributed by atoms with Crippen molar-refractivity contribution in [2.24, 2.45) is 5.73 Å². The average molecular weight is 251 g/mol. The van der Waals surface area contributed by atoms with Crippen molar-refractivity contribution in [3.63, 3.8) is 0 Å². The van der Waals surface area contributed by atoms with Crippen molar-refractivity contribution in [3.8, 4) is 0 Å². The first-order valence-corrected chi connectivity index (χ1v) is 5.68. The monoisotopic (exact) mass is 251 g/mol. The van der Waals surface area contributed by atoms with Crippen LogP contribution in [0.3, 0.4) is 0 Å². The van der Waals surface area contributed by atoms with E-state index in [9.17, 15) is 14.9 Å². The molecule has 0 bridgehead atoms. The van der Waals surface area contributed by atoms with E-state index < -0.39 is 16.9 Å². The summed E-state index contributed by atoms with van der Waals surface area (Å²) in [7, 11) is 0. The third kappa shape index (κ3) is 3.04. The normalized spacial score (nSPS) is 12.0. The summed E-state index contributed by atoms with van der Waals surface area (Å²) in [6.07, 6.45) is 0.477. The number of hydrogen-bond acceptors (Lipinski definition) is 4. The van der Waals surface area contributed by atoms with Gasteiger partial charge in [0.25, 0.3) is 5.69 Å². The van der Waals surface area contributed by atoms with E-state index in [-0.39, 0.29) is 11.4 Å². The SMILES string of the molecule is CC[C@H](N)C(=O)Nc1cc(C)c(C)cc1[N+](=O)[O-]. The van der Waals surface area contributed by atoms with Crippen molar-refractivity contribution in [2.45, 2.75) is 33.2 Å². The molecular weight excluding hydrogens is 234 g/mol. The van der Waals surface area contributed by atoms with Crippen LogP contribution >= 0.6 is 0 Å². The minimum Gasteiger partial charge on any atom is -0.320 e. The summed E-state index contributed by atoms with van der Waals surface area (Å²) in [4.78, 5) is 22.1. The molecule has 0 aromatic heterocycles. The number of amides is 1. The number of hydrogen-bond donors (Lipinski definition) is 2. The molecule has 3 N–H and O–H groups in total. The van der Waals surface area contributed by atoms with Gasteiger partial charge in [-0.2, -0.15) is 0 Å². The zero-order chi connectivity index (χ0) is 13.9. The average Bonchev–Trinajstić information content (AvgIpc) is 2.31. The Hall–Kier alpha value is -1.95. The molecule has 1 rings (SSSR count). The maximum Gasteiger partial charge on any atom is 0.293 e. The molecule has 0 spiro atoms. The van der Waals surface area contributed by atoms with Gasteiger partial charge in [-0.05, 0) is 37.5 Å². The molecule has 6 heteroatoms. The van der Waals surface area contributed by atoms with Gasteiger partial charge in [0.05, 0.1) is 11.0 Å². The van der Waals surface area contributed by atoms with Gasteiger partial charge in [-0.25, -0.2) is 0 Å². The lowest BCUT2D eigenvalue weighted by molar-refractivity contribution is -0.384. The van der Waals surface area contributed by atoms with Gasteiger partial charge in [-0.3, -0.25) is 14.9 Å². The molecule has 6 nitrogen and oxygen atoms in total. The van der Waals surface area contributed by atoms with Crippen LogP contribution in [0.1, 0.15) is 24.5 Å². The number of nitrogens with two attached hydrogens (primary N) is 1. The van der Waals surface area contributed by atoms with Crippen LogP contribution in [0, 0.1) is 24.0 Å². The predicted octanol–water partition coefficient (Wildman–Crippen LogP) is 1.89. The highest BCUT2D eigenvalue weighted by molar-refractivity contribution is 5.96. The summed E-state index contributed by atoms with van der Waals surface area (Å²) < 4.78 is 0. The molecule has 0 aliphatic carbocycles. The first-order valence-electron chi connectivity index (χ1n) is 5.68. The van der Waals surface area contributed by atoms with Crippen LogP contribution in [-0.2, 0) is 4.79 Å². The molecule has 0 radical (unpaired) electrons. The summed E-state index contributed by atoms with van der Waals surface area (Å²) >= 11 is 0. The van der Waals surface area contributed by atoms with Crippen LogP contribution in [0.4, 0.5) is 11.4 Å². The first-order chi connectivity index (χ1) is 8.36. The van der Waals surface area contributed by atoms with Crippen molar-refractivity contribution in [1.29, 1.82) is 0 Å². The minimum atomic E-state index is -0.661. The highest BCUT2D eigenvalue weighted by Gasteiger charge is 2.19. The second-order valence-electron chi connectivity index (χ2n) is 4.21. The van der Waals surface area contributed by atoms with Gasteiger partial charge in [-0.15, -0.1) is 0 Å². The van der Waals surface area contributed by atoms with Crippen LogP contribution in [0.25, 0.3) is 0 Å². The second kappa shape index (κ2) is 5.59. The molecule has 0 unspecified atom stereocenters. The van der Waals surface area contributed by atoms with Gasteiger partial charge in [0.15, 0.2) is 0 Å². The smallest absolute Gasteiger partial charge is 0.293 e. The second-order valence-corrected chi connectivity index (χ2v) is 4.21. The third-order valence-corrected chi connectivity index (χ3v) is 2.84. The topological polar surface area (TPSA) is 98.3 Å². The molecule has 0 aliphatic rings. The van der Waals surface area contributed by atoms with Gasteiger partial charge >= 0.3 is 0 Å². The predicted molar refractivity (Wildman–Crippen MR) is 69.5 cm³/mol. The number of anilines is 1. The van der Waals surface area contributed by atoms with Crippen molar-refractivity contribution in [1.82, 2.24) is 0 Å². The summed E-state index contributed by atoms with van der Waals surface area (Å²) in [6, 6.07) is 2.38. The summed E-state index contributed by atoms with van der Waals surface area (Å²) in [5.74, 6) is -0.413. The lowest BCUT2D eigenvalue weighted by Gasteiger charge is -2.11. The van der Waals surface area contributed by atoms with Crippen LogP contribution in [0.15, 0.2) is 12.1 Å². The van der Waals surface area contributed by atoms with Crippen LogP contribution in [0.5, 0.6) is 0 Å². The highest BCUT2D eigenvalue weighted by atomic mass is 16.6. The molecule has 0 heterocycles. The van der Waals surface area contributed by atoms with E-state index in [0.717, 1.165) is 11.1 Å². The quantitative estimate of drug-likeness (QED) is 0.630. The molecule has 98 valence electrons. The maximum absolute atomic E-state index is 11.7. The first kappa shape index (κ1) is 14.1. The van der Waals surface area contributed by atoms with Crippen molar-refractivity contribution < 1.29 is 9.72 Å². The molecule has 0 fully saturated rings. The van der Waals surface area contributed by atoms with Gasteiger partial charge in [0.1, 0.15) is 5.69 Å². The van der Waals surface area contributed by atoms with Crippen LogP contribution < -0.4 is 11.1 Å². The Morgan fingerprint density at radius 3 is 2.50 bits per heavy atom. The van der Waals surface area contributed by atoms with E-state index in [2.05, 4.69) is 5.32 Å². The summed E-state index contributed by atoms with van der Waals surface area (Å²) in [5, 5.41) is 13.4. The van der Waals surface area contributed by atoms with Gasteiger partial charge in [-0.1, -0.05) is 6.92 Å². The molecule has 1 aromatic rings. The number of aryl methyl sites for hydroxylation is 2. The molecule has 1 atom stereocenters. The summed E-state index contributed by atoms with van der Waals surface area (Å²) in [5.41, 5.74) is 7.33. The molecule has 0 saturated carbocycles. The molecule has 1 aromatic carbocycles. The number of nitro groups is 1. The van der Waals surface area contributed by atoms with E-state index in [0.29, 0.717) is 6.42 Å². The fourth-order valence-corrected chi connectivity index (χ4v) is 1.46. The Labute approximate surface area is 105 Å². The number of carbonyl (C=O) groups is 1. The van der Waals surface area contributed by atoms with E-state index >= 15 is 0 Å². The lowest BCUT2D eigenvalue weighted by Crippen LogP contribution is -2.35.